The molecule has 1 heterocycles. The number of nitrogens with zero attached hydrogens (tertiary/aromatic N) is 1. The van der Waals surface area contributed by atoms with Crippen LogP contribution < -0.4 is 10.8 Å². The van der Waals surface area contributed by atoms with Crippen LogP contribution in [-0.2, 0) is 0 Å². The van der Waals surface area contributed by atoms with E-state index in [-0.39, 0.29) is 11.5 Å². The highest BCUT2D eigenvalue weighted by Crippen LogP contribution is 1.84. The van der Waals surface area contributed by atoms with Gasteiger partial charge in [-0.3, -0.25) is 5.41 Å². The van der Waals surface area contributed by atoms with Gasteiger partial charge in [-0.05, 0) is 30.7 Å². The SMILES string of the molecule is CC(/N=c1/cccc[nH]1)NC(=N)Cl. The van der Waals surface area contributed by atoms with Gasteiger partial charge in [0.15, 0.2) is 5.29 Å². The fourth-order valence-corrected chi connectivity index (χ4v) is 1.05. The van der Waals surface area contributed by atoms with E-state index in [1.54, 1.807) is 6.20 Å². The first-order valence-corrected chi connectivity index (χ1v) is 4.24. The Morgan fingerprint density at radius 2 is 2.46 bits per heavy atom. The monoisotopic (exact) mass is 198 g/mol. The van der Waals surface area contributed by atoms with Gasteiger partial charge in [0.2, 0.25) is 0 Å². The van der Waals surface area contributed by atoms with Gasteiger partial charge >= 0.3 is 0 Å². The van der Waals surface area contributed by atoms with Crippen molar-refractivity contribution in [2.45, 2.75) is 13.1 Å². The summed E-state index contributed by atoms with van der Waals surface area (Å²) in [5.74, 6) is 0. The minimum atomic E-state index is -0.205. The molecule has 1 aromatic rings. The van der Waals surface area contributed by atoms with Crippen molar-refractivity contribution in [1.29, 1.82) is 5.41 Å². The van der Waals surface area contributed by atoms with Crippen molar-refractivity contribution in [3.05, 3.63) is 29.9 Å². The van der Waals surface area contributed by atoms with Gasteiger partial charge < -0.3 is 10.3 Å². The number of aromatic nitrogens is 1. The second kappa shape index (κ2) is 4.67. The van der Waals surface area contributed by atoms with E-state index in [0.717, 1.165) is 5.49 Å². The minimum Gasteiger partial charge on any atom is -0.347 e. The molecule has 70 valence electrons. The second-order valence-corrected chi connectivity index (χ2v) is 2.89. The molecule has 0 bridgehead atoms. The maximum Gasteiger partial charge on any atom is 0.190 e. The van der Waals surface area contributed by atoms with Crippen LogP contribution in [0.1, 0.15) is 6.92 Å². The van der Waals surface area contributed by atoms with Crippen LogP contribution in [0.4, 0.5) is 0 Å². The number of hydrogen-bond donors (Lipinski definition) is 3. The number of amidine groups is 1. The third-order valence-electron chi connectivity index (χ3n) is 1.36. The lowest BCUT2D eigenvalue weighted by atomic mass is 10.5. The molecule has 0 aliphatic rings. The second-order valence-electron chi connectivity index (χ2n) is 2.51. The van der Waals surface area contributed by atoms with Gasteiger partial charge in [-0.25, -0.2) is 4.99 Å². The summed E-state index contributed by atoms with van der Waals surface area (Å²) in [6.45, 7) is 1.82. The number of halogens is 1. The van der Waals surface area contributed by atoms with Gasteiger partial charge in [-0.1, -0.05) is 6.07 Å². The van der Waals surface area contributed by atoms with Gasteiger partial charge in [0.05, 0.1) is 0 Å². The van der Waals surface area contributed by atoms with Crippen LogP contribution in [0.15, 0.2) is 29.4 Å². The summed E-state index contributed by atoms with van der Waals surface area (Å²) in [6, 6.07) is 5.60. The standard InChI is InChI=1S/C8H11ClN4/c1-6(13-8(9)10)12-7-4-2-3-5-11-7/h2-6H,1H3,(H2,10,13)(H,11,12). The van der Waals surface area contributed by atoms with Crippen LogP contribution in [0, 0.1) is 5.41 Å². The van der Waals surface area contributed by atoms with Crippen molar-refractivity contribution in [2.24, 2.45) is 4.99 Å². The van der Waals surface area contributed by atoms with Gasteiger partial charge in [0.25, 0.3) is 0 Å². The molecule has 1 atom stereocenters. The molecule has 4 nitrogen and oxygen atoms in total. The fourth-order valence-electron chi connectivity index (χ4n) is 0.888. The molecule has 0 aliphatic carbocycles. The van der Waals surface area contributed by atoms with E-state index < -0.39 is 0 Å². The Morgan fingerprint density at radius 1 is 1.69 bits per heavy atom. The van der Waals surface area contributed by atoms with Crippen LogP contribution in [0.3, 0.4) is 0 Å². The smallest absolute Gasteiger partial charge is 0.190 e. The van der Waals surface area contributed by atoms with E-state index in [1.807, 2.05) is 25.1 Å². The summed E-state index contributed by atoms with van der Waals surface area (Å²) in [4.78, 5) is 7.16. The molecule has 0 saturated heterocycles. The highest BCUT2D eigenvalue weighted by atomic mass is 35.5. The van der Waals surface area contributed by atoms with E-state index in [2.05, 4.69) is 15.3 Å². The number of pyridine rings is 1. The molecule has 5 heteroatoms. The Bertz CT molecular complexity index is 327. The van der Waals surface area contributed by atoms with E-state index in [1.165, 1.54) is 0 Å². The van der Waals surface area contributed by atoms with Gasteiger partial charge in [-0.15, -0.1) is 0 Å². The van der Waals surface area contributed by atoms with Crippen LogP contribution in [0.2, 0.25) is 0 Å². The summed E-state index contributed by atoms with van der Waals surface area (Å²) in [7, 11) is 0. The number of rotatable bonds is 2. The predicted molar refractivity (Wildman–Crippen MR) is 52.5 cm³/mol. The molecule has 1 rings (SSSR count). The van der Waals surface area contributed by atoms with Crippen molar-refractivity contribution < 1.29 is 0 Å². The molecule has 13 heavy (non-hydrogen) atoms. The summed E-state index contributed by atoms with van der Waals surface area (Å²) in [5, 5.41) is 9.52. The number of nitrogens with one attached hydrogen (secondary N) is 3. The minimum absolute atomic E-state index is 0.104. The summed E-state index contributed by atoms with van der Waals surface area (Å²) in [6.07, 6.45) is 1.58. The van der Waals surface area contributed by atoms with E-state index in [4.69, 9.17) is 17.0 Å². The third kappa shape index (κ3) is 3.75. The molecule has 3 N–H and O–H groups in total. The molecule has 0 aromatic carbocycles. The molecular formula is C8H11ClN4. The summed E-state index contributed by atoms with van der Waals surface area (Å²) < 4.78 is 0. The zero-order valence-corrected chi connectivity index (χ0v) is 7.97. The zero-order chi connectivity index (χ0) is 9.68. The summed E-state index contributed by atoms with van der Waals surface area (Å²) in [5.41, 5.74) is 0.750. The Hall–Kier alpha value is -1.29. The molecule has 0 radical (unpaired) electrons. The lowest BCUT2D eigenvalue weighted by Crippen LogP contribution is -2.29. The van der Waals surface area contributed by atoms with Crippen molar-refractivity contribution in [1.82, 2.24) is 10.3 Å². The van der Waals surface area contributed by atoms with Crippen LogP contribution >= 0.6 is 11.6 Å². The van der Waals surface area contributed by atoms with Crippen LogP contribution in [0.25, 0.3) is 0 Å². The molecule has 0 saturated carbocycles. The van der Waals surface area contributed by atoms with Crippen LogP contribution in [-0.4, -0.2) is 16.4 Å². The quantitative estimate of drug-likeness (QED) is 0.371. The van der Waals surface area contributed by atoms with Crippen molar-refractivity contribution in [2.75, 3.05) is 0 Å². The van der Waals surface area contributed by atoms with Gasteiger partial charge in [0.1, 0.15) is 11.7 Å². The molecule has 1 unspecified atom stereocenters. The average Bonchev–Trinajstić information content (AvgIpc) is 2.04. The highest BCUT2D eigenvalue weighted by molar-refractivity contribution is 6.63. The van der Waals surface area contributed by atoms with Gasteiger partial charge in [0, 0.05) is 6.20 Å². The Kier molecular flexibility index (Phi) is 3.52. The first-order chi connectivity index (χ1) is 6.18. The number of hydrogen-bond acceptors (Lipinski definition) is 2. The van der Waals surface area contributed by atoms with E-state index in [9.17, 15) is 0 Å². The van der Waals surface area contributed by atoms with Crippen LogP contribution in [0.5, 0.6) is 0 Å². The van der Waals surface area contributed by atoms with E-state index >= 15 is 0 Å². The van der Waals surface area contributed by atoms with Crippen molar-refractivity contribution in [3.63, 3.8) is 0 Å². The Balaban J connectivity index is 2.72. The maximum atomic E-state index is 6.97. The normalized spacial score (nSPS) is 13.8. The van der Waals surface area contributed by atoms with Crippen molar-refractivity contribution >= 4 is 16.9 Å². The summed E-state index contributed by atoms with van der Waals surface area (Å²) >= 11 is 5.34. The predicted octanol–water partition coefficient (Wildman–Crippen LogP) is 1.02. The highest BCUT2D eigenvalue weighted by Gasteiger charge is 1.96. The zero-order valence-electron chi connectivity index (χ0n) is 7.21. The van der Waals surface area contributed by atoms with Crippen molar-refractivity contribution in [3.8, 4) is 0 Å². The first kappa shape index (κ1) is 9.80. The first-order valence-electron chi connectivity index (χ1n) is 3.86. The number of H-pyrrole nitrogens is 1. The molecule has 0 amide bonds. The molecule has 0 fully saturated rings. The topological polar surface area (TPSA) is 64.0 Å². The lowest BCUT2D eigenvalue weighted by Gasteiger charge is -2.05. The maximum absolute atomic E-state index is 6.97. The molecular weight excluding hydrogens is 188 g/mol. The van der Waals surface area contributed by atoms with Gasteiger partial charge in [-0.2, -0.15) is 0 Å². The molecule has 1 aromatic heterocycles. The van der Waals surface area contributed by atoms with E-state index in [0.29, 0.717) is 0 Å². The Labute approximate surface area is 81.2 Å². The lowest BCUT2D eigenvalue weighted by molar-refractivity contribution is 0.677. The molecule has 0 spiro atoms. The average molecular weight is 199 g/mol. The number of aromatic amines is 1. The Morgan fingerprint density at radius 3 is 3.00 bits per heavy atom. The fraction of sp³-hybridized carbons (Fsp3) is 0.250. The largest absolute Gasteiger partial charge is 0.347 e. The third-order valence-corrected chi connectivity index (χ3v) is 1.47. The molecule has 0 aliphatic heterocycles.